The average Bonchev–Trinajstić information content (AvgIpc) is 2.93. The molecule has 0 spiro atoms. The van der Waals surface area contributed by atoms with Gasteiger partial charge in [-0.15, -0.1) is 0 Å². The first-order valence-corrected chi connectivity index (χ1v) is 13.5. The molecule has 2 saturated heterocycles. The van der Waals surface area contributed by atoms with Crippen molar-refractivity contribution in [2.24, 2.45) is 11.0 Å². The molecule has 1 aromatic rings. The molecule has 2 aliphatic rings. The second-order valence-electron chi connectivity index (χ2n) is 9.59. The Balaban J connectivity index is 1.22. The molecule has 214 valence electrons. The van der Waals surface area contributed by atoms with Crippen LogP contribution >= 0.6 is 0 Å². The Labute approximate surface area is 225 Å². The van der Waals surface area contributed by atoms with Crippen molar-refractivity contribution in [2.45, 2.75) is 38.8 Å². The van der Waals surface area contributed by atoms with Gasteiger partial charge >= 0.3 is 0 Å². The zero-order chi connectivity index (χ0) is 27.2. The van der Waals surface area contributed by atoms with Gasteiger partial charge in [0.15, 0.2) is 6.29 Å². The van der Waals surface area contributed by atoms with Crippen molar-refractivity contribution in [2.75, 3.05) is 83.9 Å². The van der Waals surface area contributed by atoms with Gasteiger partial charge in [0, 0.05) is 50.7 Å². The van der Waals surface area contributed by atoms with Crippen LogP contribution in [-0.4, -0.2) is 113 Å². The third kappa shape index (κ3) is 10.2. The fourth-order valence-electron chi connectivity index (χ4n) is 4.47. The Bertz CT molecular complexity index is 833. The molecule has 2 fully saturated rings. The summed E-state index contributed by atoms with van der Waals surface area (Å²) in [7, 11) is 0. The number of piperazine rings is 1. The molecule has 2 aliphatic heterocycles. The predicted octanol–water partition coefficient (Wildman–Crippen LogP) is 2.28. The van der Waals surface area contributed by atoms with E-state index in [-0.39, 0.29) is 18.4 Å². The van der Waals surface area contributed by atoms with E-state index in [9.17, 15) is 10.2 Å². The van der Waals surface area contributed by atoms with E-state index < -0.39 is 12.4 Å². The highest BCUT2D eigenvalue weighted by molar-refractivity contribution is 5.49. The molecule has 0 bridgehead atoms. The number of hydrogen-bond donors (Lipinski definition) is 3. The lowest BCUT2D eigenvalue weighted by Gasteiger charge is -2.41. The number of nitrogens with zero attached hydrogens (tertiary/aromatic N) is 3. The summed E-state index contributed by atoms with van der Waals surface area (Å²) in [6.07, 6.45) is 0.490. The van der Waals surface area contributed by atoms with Crippen LogP contribution in [0, 0.1) is 11.4 Å². The van der Waals surface area contributed by atoms with Gasteiger partial charge in [-0.3, -0.25) is 4.90 Å². The van der Waals surface area contributed by atoms with Gasteiger partial charge in [0.05, 0.1) is 57.5 Å². The Hall–Kier alpha value is -2.12. The van der Waals surface area contributed by atoms with Gasteiger partial charge in [-0.2, -0.15) is 5.11 Å². The van der Waals surface area contributed by atoms with E-state index in [4.69, 9.17) is 29.2 Å². The van der Waals surface area contributed by atoms with Crippen LogP contribution in [0.4, 0.5) is 5.69 Å². The Kier molecular flexibility index (Phi) is 13.4. The van der Waals surface area contributed by atoms with E-state index in [1.807, 2.05) is 26.0 Å². The second kappa shape index (κ2) is 16.8. The lowest BCUT2D eigenvalue weighted by molar-refractivity contribution is -0.214. The molecule has 4 atom stereocenters. The van der Waals surface area contributed by atoms with Gasteiger partial charge in [-0.25, -0.2) is 5.53 Å². The fraction of sp³-hybridized carbons (Fsp3) is 0.704. The van der Waals surface area contributed by atoms with Gasteiger partial charge < -0.3 is 38.8 Å². The van der Waals surface area contributed by atoms with Gasteiger partial charge in [0.25, 0.3) is 0 Å². The standard InChI is InChI=1S/C27H44N4O7/c1-3-22(29-28)20-36-15-14-34-12-13-35-16-17-37-24-6-4-23(5-7-24)31-10-8-30(9-11-31)19-26-21(2)25(32)18-27(33)38-26/h3-7,21,25-28,32-33H,8-20H2,1-2H3/b22-3-,29-28?/t21-,25-,26?,27?/m1/s1. The summed E-state index contributed by atoms with van der Waals surface area (Å²) in [5.74, 6) is 0.826. The summed E-state index contributed by atoms with van der Waals surface area (Å²) in [5.41, 5.74) is 8.71. The number of aliphatic hydroxyl groups excluding tert-OH is 2. The summed E-state index contributed by atoms with van der Waals surface area (Å²) < 4.78 is 27.8. The van der Waals surface area contributed by atoms with Gasteiger partial charge in [-0.1, -0.05) is 13.0 Å². The average molecular weight is 537 g/mol. The molecular formula is C27H44N4O7. The van der Waals surface area contributed by atoms with E-state index in [1.165, 1.54) is 5.69 Å². The normalized spacial score (nSPS) is 24.9. The van der Waals surface area contributed by atoms with Gasteiger partial charge in [-0.05, 0) is 31.2 Å². The summed E-state index contributed by atoms with van der Waals surface area (Å²) in [4.78, 5) is 4.70. The van der Waals surface area contributed by atoms with Crippen LogP contribution in [0.5, 0.6) is 5.75 Å². The molecule has 11 nitrogen and oxygen atoms in total. The van der Waals surface area contributed by atoms with Crippen LogP contribution < -0.4 is 9.64 Å². The minimum Gasteiger partial charge on any atom is -0.491 e. The van der Waals surface area contributed by atoms with E-state index in [0.717, 1.165) is 38.5 Å². The molecule has 0 aromatic heterocycles. The second-order valence-corrected chi connectivity index (χ2v) is 9.59. The molecule has 1 aromatic carbocycles. The quantitative estimate of drug-likeness (QED) is 0.215. The van der Waals surface area contributed by atoms with E-state index in [2.05, 4.69) is 27.0 Å². The lowest BCUT2D eigenvalue weighted by atomic mass is 9.92. The molecule has 38 heavy (non-hydrogen) atoms. The zero-order valence-corrected chi connectivity index (χ0v) is 22.7. The summed E-state index contributed by atoms with van der Waals surface area (Å²) >= 11 is 0. The summed E-state index contributed by atoms with van der Waals surface area (Å²) in [5, 5.41) is 23.3. The van der Waals surface area contributed by atoms with E-state index >= 15 is 0 Å². The molecule has 2 unspecified atom stereocenters. The molecule has 11 heteroatoms. The highest BCUT2D eigenvalue weighted by atomic mass is 16.6. The van der Waals surface area contributed by atoms with Gasteiger partial charge in [0.2, 0.25) is 0 Å². The van der Waals surface area contributed by atoms with Crippen molar-refractivity contribution in [3.63, 3.8) is 0 Å². The largest absolute Gasteiger partial charge is 0.491 e. The van der Waals surface area contributed by atoms with E-state index in [0.29, 0.717) is 51.9 Å². The fourth-order valence-corrected chi connectivity index (χ4v) is 4.47. The number of allylic oxidation sites excluding steroid dienone is 1. The minimum absolute atomic E-state index is 0.0159. The number of anilines is 1. The van der Waals surface area contributed by atoms with Crippen LogP contribution in [0.3, 0.4) is 0 Å². The first-order valence-electron chi connectivity index (χ1n) is 13.5. The van der Waals surface area contributed by atoms with E-state index in [1.54, 1.807) is 6.08 Å². The maximum absolute atomic E-state index is 10.1. The molecule has 3 rings (SSSR count). The third-order valence-electron chi connectivity index (χ3n) is 6.95. The molecular weight excluding hydrogens is 492 g/mol. The maximum Gasteiger partial charge on any atom is 0.157 e. The van der Waals surface area contributed by atoms with Crippen LogP contribution in [0.1, 0.15) is 20.3 Å². The Morgan fingerprint density at radius 1 is 1.00 bits per heavy atom. The number of rotatable bonds is 16. The Morgan fingerprint density at radius 2 is 1.63 bits per heavy atom. The summed E-state index contributed by atoms with van der Waals surface area (Å²) in [6, 6.07) is 8.13. The number of nitrogens with one attached hydrogen (secondary N) is 1. The van der Waals surface area contributed by atoms with Crippen molar-refractivity contribution >= 4 is 5.69 Å². The highest BCUT2D eigenvalue weighted by Gasteiger charge is 2.35. The van der Waals surface area contributed by atoms with Crippen molar-refractivity contribution < 1.29 is 33.9 Å². The first-order chi connectivity index (χ1) is 18.5. The van der Waals surface area contributed by atoms with Crippen molar-refractivity contribution in [1.29, 1.82) is 5.53 Å². The van der Waals surface area contributed by atoms with Crippen molar-refractivity contribution in [3.8, 4) is 5.75 Å². The topological polar surface area (TPSA) is 129 Å². The maximum atomic E-state index is 10.1. The highest BCUT2D eigenvalue weighted by Crippen LogP contribution is 2.26. The number of hydrogen-bond acceptors (Lipinski definition) is 11. The summed E-state index contributed by atoms with van der Waals surface area (Å²) in [6.45, 7) is 11.3. The smallest absolute Gasteiger partial charge is 0.157 e. The number of ether oxygens (including phenoxy) is 5. The molecule has 0 amide bonds. The van der Waals surface area contributed by atoms with Crippen molar-refractivity contribution in [3.05, 3.63) is 36.0 Å². The molecule has 2 heterocycles. The SMILES string of the molecule is C/C=C(/COCCOCCOCCOc1ccc(N2CCN(CC3OC(O)C[C@@H](O)[C@H]3C)CC2)cc1)N=N. The number of benzene rings is 1. The molecule has 0 saturated carbocycles. The van der Waals surface area contributed by atoms with Gasteiger partial charge in [0.1, 0.15) is 12.4 Å². The molecule has 0 radical (unpaired) electrons. The monoisotopic (exact) mass is 536 g/mol. The lowest BCUT2D eigenvalue weighted by Crippen LogP contribution is -2.53. The third-order valence-corrected chi connectivity index (χ3v) is 6.95. The minimum atomic E-state index is -0.876. The number of aliphatic hydroxyl groups is 2. The zero-order valence-electron chi connectivity index (χ0n) is 22.7. The van der Waals surface area contributed by atoms with Crippen LogP contribution in [0.2, 0.25) is 0 Å². The molecule has 3 N–H and O–H groups in total. The van der Waals surface area contributed by atoms with Crippen LogP contribution in [-0.2, 0) is 18.9 Å². The Morgan fingerprint density at radius 3 is 2.26 bits per heavy atom. The molecule has 0 aliphatic carbocycles. The van der Waals surface area contributed by atoms with Crippen LogP contribution in [0.15, 0.2) is 41.2 Å². The van der Waals surface area contributed by atoms with Crippen molar-refractivity contribution in [1.82, 2.24) is 4.90 Å². The predicted molar refractivity (Wildman–Crippen MR) is 143 cm³/mol. The first kappa shape index (κ1) is 30.4. The van der Waals surface area contributed by atoms with Crippen LogP contribution in [0.25, 0.3) is 0 Å².